The first kappa shape index (κ1) is 18.6. The van der Waals surface area contributed by atoms with E-state index in [9.17, 15) is 17.6 Å². The molecule has 0 fully saturated rings. The molecule has 3 aromatic carbocycles. The van der Waals surface area contributed by atoms with Gasteiger partial charge >= 0.3 is 0 Å². The van der Waals surface area contributed by atoms with Crippen molar-refractivity contribution in [3.8, 4) is 0 Å². The van der Waals surface area contributed by atoms with Crippen LogP contribution in [0.15, 0.2) is 77.7 Å². The zero-order chi connectivity index (χ0) is 19.4. The van der Waals surface area contributed by atoms with Gasteiger partial charge in [0.15, 0.2) is 0 Å². The van der Waals surface area contributed by atoms with Gasteiger partial charge in [-0.05, 0) is 73.2 Å². The predicted octanol–water partition coefficient (Wildman–Crippen LogP) is 4.19. The second-order valence-corrected chi connectivity index (χ2v) is 7.64. The molecule has 0 bridgehead atoms. The van der Waals surface area contributed by atoms with E-state index in [0.29, 0.717) is 16.9 Å². The van der Waals surface area contributed by atoms with Gasteiger partial charge in [-0.25, -0.2) is 12.8 Å². The van der Waals surface area contributed by atoms with Crippen LogP contribution in [0.5, 0.6) is 0 Å². The highest BCUT2D eigenvalue weighted by Gasteiger charge is 2.14. The summed E-state index contributed by atoms with van der Waals surface area (Å²) in [5, 5.41) is 2.78. The van der Waals surface area contributed by atoms with E-state index < -0.39 is 15.8 Å². The van der Waals surface area contributed by atoms with Gasteiger partial charge in [0.25, 0.3) is 15.9 Å². The number of amides is 1. The van der Waals surface area contributed by atoms with Crippen molar-refractivity contribution >= 4 is 27.3 Å². The van der Waals surface area contributed by atoms with E-state index >= 15 is 0 Å². The predicted molar refractivity (Wildman–Crippen MR) is 103 cm³/mol. The average Bonchev–Trinajstić information content (AvgIpc) is 2.62. The van der Waals surface area contributed by atoms with Crippen LogP contribution in [-0.2, 0) is 10.0 Å². The number of carbonyl (C=O) groups is 1. The molecule has 0 saturated carbocycles. The molecule has 3 rings (SSSR count). The molecule has 0 heterocycles. The normalized spacial score (nSPS) is 11.0. The van der Waals surface area contributed by atoms with E-state index in [1.165, 1.54) is 36.4 Å². The molecule has 3 aromatic rings. The summed E-state index contributed by atoms with van der Waals surface area (Å²) in [6.07, 6.45) is 0. The van der Waals surface area contributed by atoms with Crippen molar-refractivity contribution in [2.45, 2.75) is 11.8 Å². The Bertz CT molecular complexity index is 1060. The molecular weight excluding hydrogens is 367 g/mol. The number of carbonyl (C=O) groups excluding carboxylic acids is 1. The van der Waals surface area contributed by atoms with Crippen LogP contribution < -0.4 is 10.0 Å². The van der Waals surface area contributed by atoms with E-state index in [1.807, 2.05) is 25.1 Å². The van der Waals surface area contributed by atoms with Gasteiger partial charge in [-0.1, -0.05) is 12.1 Å². The lowest BCUT2D eigenvalue weighted by Gasteiger charge is -2.09. The number of rotatable bonds is 5. The number of halogens is 1. The first-order valence-corrected chi connectivity index (χ1v) is 9.58. The van der Waals surface area contributed by atoms with Gasteiger partial charge in [0.05, 0.1) is 4.90 Å². The Hall–Kier alpha value is -3.19. The van der Waals surface area contributed by atoms with Gasteiger partial charge in [0.2, 0.25) is 0 Å². The van der Waals surface area contributed by atoms with E-state index in [1.54, 1.807) is 6.07 Å². The third kappa shape index (κ3) is 4.71. The molecule has 5 nitrogen and oxygen atoms in total. The maximum Gasteiger partial charge on any atom is 0.261 e. The van der Waals surface area contributed by atoms with E-state index in [4.69, 9.17) is 0 Å². The lowest BCUT2D eigenvalue weighted by molar-refractivity contribution is 0.102. The van der Waals surface area contributed by atoms with Crippen molar-refractivity contribution in [3.05, 3.63) is 89.7 Å². The number of sulfonamides is 1. The van der Waals surface area contributed by atoms with Gasteiger partial charge in [-0.3, -0.25) is 9.52 Å². The van der Waals surface area contributed by atoms with Crippen LogP contribution in [0.4, 0.5) is 15.8 Å². The monoisotopic (exact) mass is 384 g/mol. The number of hydrogen-bond donors (Lipinski definition) is 2. The molecule has 138 valence electrons. The second kappa shape index (κ2) is 7.59. The minimum atomic E-state index is -3.83. The highest BCUT2D eigenvalue weighted by atomic mass is 32.2. The molecule has 0 unspecified atom stereocenters. The van der Waals surface area contributed by atoms with Gasteiger partial charge in [0.1, 0.15) is 5.82 Å². The van der Waals surface area contributed by atoms with Crippen LogP contribution in [0.1, 0.15) is 15.9 Å². The fraction of sp³-hybridized carbons (Fsp3) is 0.0500. The average molecular weight is 384 g/mol. The van der Waals surface area contributed by atoms with E-state index in [-0.39, 0.29) is 10.8 Å². The summed E-state index contributed by atoms with van der Waals surface area (Å²) >= 11 is 0. The van der Waals surface area contributed by atoms with Gasteiger partial charge in [-0.2, -0.15) is 0 Å². The van der Waals surface area contributed by atoms with Crippen LogP contribution in [0.2, 0.25) is 0 Å². The Balaban J connectivity index is 1.71. The minimum absolute atomic E-state index is 0.0508. The molecule has 0 radical (unpaired) electrons. The van der Waals surface area contributed by atoms with E-state index in [2.05, 4.69) is 10.0 Å². The summed E-state index contributed by atoms with van der Waals surface area (Å²) in [5.41, 5.74) is 2.40. The van der Waals surface area contributed by atoms with Gasteiger partial charge in [0, 0.05) is 16.9 Å². The van der Waals surface area contributed by atoms with Crippen LogP contribution >= 0.6 is 0 Å². The zero-order valence-corrected chi connectivity index (χ0v) is 15.3. The third-order valence-corrected chi connectivity index (χ3v) is 5.20. The first-order chi connectivity index (χ1) is 12.8. The Morgan fingerprint density at radius 1 is 0.889 bits per heavy atom. The lowest BCUT2D eigenvalue weighted by atomic mass is 10.2. The molecular formula is C20H17FN2O3S. The second-order valence-electron chi connectivity index (χ2n) is 5.96. The van der Waals surface area contributed by atoms with Crippen LogP contribution in [0, 0.1) is 12.7 Å². The number of hydrogen-bond acceptors (Lipinski definition) is 3. The Labute approximate surface area is 156 Å². The molecule has 7 heteroatoms. The number of aryl methyl sites for hydroxylation is 1. The highest BCUT2D eigenvalue weighted by molar-refractivity contribution is 7.92. The molecule has 0 aliphatic carbocycles. The minimum Gasteiger partial charge on any atom is -0.322 e. The fourth-order valence-corrected chi connectivity index (χ4v) is 3.50. The first-order valence-electron chi connectivity index (χ1n) is 8.10. The lowest BCUT2D eigenvalue weighted by Crippen LogP contribution is -2.14. The Kier molecular flexibility index (Phi) is 5.23. The smallest absolute Gasteiger partial charge is 0.261 e. The summed E-state index contributed by atoms with van der Waals surface area (Å²) in [5.74, 6) is -0.813. The van der Waals surface area contributed by atoms with Crippen molar-refractivity contribution in [1.29, 1.82) is 0 Å². The molecule has 0 aliphatic heterocycles. The topological polar surface area (TPSA) is 75.3 Å². The van der Waals surface area contributed by atoms with Crippen molar-refractivity contribution in [1.82, 2.24) is 0 Å². The van der Waals surface area contributed by atoms with Crippen molar-refractivity contribution in [2.24, 2.45) is 0 Å². The number of benzene rings is 3. The van der Waals surface area contributed by atoms with Crippen LogP contribution in [-0.4, -0.2) is 14.3 Å². The molecule has 0 aromatic heterocycles. The molecule has 0 atom stereocenters. The van der Waals surface area contributed by atoms with Crippen LogP contribution in [0.3, 0.4) is 0 Å². The molecule has 0 saturated heterocycles. The number of anilines is 2. The zero-order valence-electron chi connectivity index (χ0n) is 14.4. The quantitative estimate of drug-likeness (QED) is 0.693. The Morgan fingerprint density at radius 2 is 1.56 bits per heavy atom. The summed E-state index contributed by atoms with van der Waals surface area (Å²) in [6, 6.07) is 18.0. The maximum atomic E-state index is 12.9. The molecule has 0 aliphatic rings. The molecule has 27 heavy (non-hydrogen) atoms. The fourth-order valence-electron chi connectivity index (χ4n) is 2.44. The molecule has 0 spiro atoms. The SMILES string of the molecule is Cc1cccc(NC(=O)c2ccc(NS(=O)(=O)c3ccc(F)cc3)cc2)c1. The standard InChI is InChI=1S/C20H17FN2O3S/c1-14-3-2-4-18(13-14)22-20(24)15-5-9-17(10-6-15)23-27(25,26)19-11-7-16(21)8-12-19/h2-13,23H,1H3,(H,22,24). The summed E-state index contributed by atoms with van der Waals surface area (Å²) < 4.78 is 39.9. The van der Waals surface area contributed by atoms with Crippen molar-refractivity contribution in [3.63, 3.8) is 0 Å². The summed E-state index contributed by atoms with van der Waals surface area (Å²) in [4.78, 5) is 12.2. The van der Waals surface area contributed by atoms with Crippen LogP contribution in [0.25, 0.3) is 0 Å². The summed E-state index contributed by atoms with van der Waals surface area (Å²) in [6.45, 7) is 1.93. The van der Waals surface area contributed by atoms with Crippen molar-refractivity contribution in [2.75, 3.05) is 10.0 Å². The highest BCUT2D eigenvalue weighted by Crippen LogP contribution is 2.18. The molecule has 1 amide bonds. The van der Waals surface area contributed by atoms with Gasteiger partial charge in [-0.15, -0.1) is 0 Å². The van der Waals surface area contributed by atoms with Gasteiger partial charge < -0.3 is 5.32 Å². The Morgan fingerprint density at radius 3 is 2.19 bits per heavy atom. The third-order valence-electron chi connectivity index (χ3n) is 3.80. The van der Waals surface area contributed by atoms with E-state index in [0.717, 1.165) is 17.7 Å². The maximum absolute atomic E-state index is 12.9. The largest absolute Gasteiger partial charge is 0.322 e. The summed E-state index contributed by atoms with van der Waals surface area (Å²) in [7, 11) is -3.83. The number of nitrogens with one attached hydrogen (secondary N) is 2. The molecule has 2 N–H and O–H groups in total. The van der Waals surface area contributed by atoms with Crippen molar-refractivity contribution < 1.29 is 17.6 Å².